The second-order valence-corrected chi connectivity index (χ2v) is 2.88. The fourth-order valence-electron chi connectivity index (χ4n) is 1.55. The molecule has 1 heteroatoms. The van der Waals surface area contributed by atoms with Gasteiger partial charge < -0.3 is 5.32 Å². The van der Waals surface area contributed by atoms with Crippen molar-refractivity contribution >= 4 is 0 Å². The SMILES string of the molecule is C/C=C1/CCNCC/C1=C/C. The summed E-state index contributed by atoms with van der Waals surface area (Å²) in [6.07, 6.45) is 6.86. The number of hydrogen-bond donors (Lipinski definition) is 1. The Morgan fingerprint density at radius 3 is 1.82 bits per heavy atom. The summed E-state index contributed by atoms with van der Waals surface area (Å²) in [5.41, 5.74) is 3.05. The van der Waals surface area contributed by atoms with Gasteiger partial charge in [0.2, 0.25) is 0 Å². The lowest BCUT2D eigenvalue weighted by Crippen LogP contribution is -2.13. The Kier molecular flexibility index (Phi) is 3.37. The molecule has 0 radical (unpaired) electrons. The van der Waals surface area contributed by atoms with Crippen molar-refractivity contribution in [2.24, 2.45) is 0 Å². The van der Waals surface area contributed by atoms with Crippen molar-refractivity contribution in [1.82, 2.24) is 5.32 Å². The van der Waals surface area contributed by atoms with Gasteiger partial charge in [-0.3, -0.25) is 0 Å². The highest BCUT2D eigenvalue weighted by Gasteiger charge is 2.06. The Morgan fingerprint density at radius 1 is 1.00 bits per heavy atom. The third kappa shape index (κ3) is 2.19. The normalized spacial score (nSPS) is 27.5. The van der Waals surface area contributed by atoms with E-state index in [1.807, 2.05) is 0 Å². The molecule has 0 aromatic heterocycles. The Balaban J connectivity index is 2.71. The Morgan fingerprint density at radius 2 is 1.45 bits per heavy atom. The third-order valence-corrected chi connectivity index (χ3v) is 2.25. The summed E-state index contributed by atoms with van der Waals surface area (Å²) in [5.74, 6) is 0. The maximum absolute atomic E-state index is 3.39. The van der Waals surface area contributed by atoms with Crippen LogP contribution in [0.4, 0.5) is 0 Å². The highest BCUT2D eigenvalue weighted by molar-refractivity contribution is 5.31. The summed E-state index contributed by atoms with van der Waals surface area (Å²) in [5, 5.41) is 3.39. The zero-order valence-electron chi connectivity index (χ0n) is 7.48. The largest absolute Gasteiger partial charge is 0.316 e. The number of hydrogen-bond acceptors (Lipinski definition) is 1. The van der Waals surface area contributed by atoms with E-state index in [1.165, 1.54) is 24.0 Å². The molecule has 1 rings (SSSR count). The number of nitrogens with one attached hydrogen (secondary N) is 1. The molecule has 62 valence electrons. The van der Waals surface area contributed by atoms with E-state index in [4.69, 9.17) is 0 Å². The second-order valence-electron chi connectivity index (χ2n) is 2.88. The number of allylic oxidation sites excluding steroid dienone is 2. The third-order valence-electron chi connectivity index (χ3n) is 2.25. The van der Waals surface area contributed by atoms with Gasteiger partial charge in [-0.25, -0.2) is 0 Å². The first-order valence-electron chi connectivity index (χ1n) is 4.40. The minimum atomic E-state index is 1.14. The maximum Gasteiger partial charge on any atom is -0.000824 e. The van der Waals surface area contributed by atoms with Crippen LogP contribution < -0.4 is 5.32 Å². The molecule has 1 heterocycles. The van der Waals surface area contributed by atoms with E-state index in [1.54, 1.807) is 0 Å². The van der Waals surface area contributed by atoms with Crippen molar-refractivity contribution < 1.29 is 0 Å². The van der Waals surface area contributed by atoms with Gasteiger partial charge in [-0.1, -0.05) is 12.2 Å². The van der Waals surface area contributed by atoms with Crippen LogP contribution in [0.3, 0.4) is 0 Å². The molecule has 0 amide bonds. The van der Waals surface area contributed by atoms with Crippen LogP contribution in [0.15, 0.2) is 23.3 Å². The first-order valence-corrected chi connectivity index (χ1v) is 4.40. The predicted molar refractivity (Wildman–Crippen MR) is 49.6 cm³/mol. The highest BCUT2D eigenvalue weighted by Crippen LogP contribution is 2.18. The molecule has 0 saturated carbocycles. The molecule has 1 aliphatic rings. The molecule has 0 bridgehead atoms. The molecule has 0 atom stereocenters. The first kappa shape index (κ1) is 8.54. The van der Waals surface area contributed by atoms with Crippen LogP contribution in [0.2, 0.25) is 0 Å². The zero-order chi connectivity index (χ0) is 8.10. The monoisotopic (exact) mass is 151 g/mol. The molecular formula is C10H17N. The molecule has 1 N–H and O–H groups in total. The van der Waals surface area contributed by atoms with E-state index in [-0.39, 0.29) is 0 Å². The van der Waals surface area contributed by atoms with E-state index in [9.17, 15) is 0 Å². The summed E-state index contributed by atoms with van der Waals surface area (Å²) >= 11 is 0. The second kappa shape index (κ2) is 4.35. The van der Waals surface area contributed by atoms with Gasteiger partial charge in [0.1, 0.15) is 0 Å². The van der Waals surface area contributed by atoms with Crippen LogP contribution in [-0.4, -0.2) is 13.1 Å². The molecular weight excluding hydrogens is 134 g/mol. The Hall–Kier alpha value is -0.560. The minimum absolute atomic E-state index is 1.14. The molecule has 1 nitrogen and oxygen atoms in total. The predicted octanol–water partition coefficient (Wildman–Crippen LogP) is 2.26. The van der Waals surface area contributed by atoms with Crippen LogP contribution in [0.25, 0.3) is 0 Å². The topological polar surface area (TPSA) is 12.0 Å². The van der Waals surface area contributed by atoms with Crippen LogP contribution in [-0.2, 0) is 0 Å². The van der Waals surface area contributed by atoms with E-state index in [0.717, 1.165) is 13.1 Å². The zero-order valence-corrected chi connectivity index (χ0v) is 7.48. The Labute approximate surface area is 69.2 Å². The number of rotatable bonds is 0. The molecule has 0 aromatic rings. The minimum Gasteiger partial charge on any atom is -0.316 e. The summed E-state index contributed by atoms with van der Waals surface area (Å²) in [6.45, 7) is 6.53. The van der Waals surface area contributed by atoms with Gasteiger partial charge in [-0.2, -0.15) is 0 Å². The first-order chi connectivity index (χ1) is 5.38. The van der Waals surface area contributed by atoms with Crippen molar-refractivity contribution in [3.63, 3.8) is 0 Å². The van der Waals surface area contributed by atoms with E-state index >= 15 is 0 Å². The molecule has 0 spiro atoms. The molecule has 1 aliphatic heterocycles. The highest BCUT2D eigenvalue weighted by atomic mass is 14.8. The van der Waals surface area contributed by atoms with Gasteiger partial charge in [-0.15, -0.1) is 0 Å². The van der Waals surface area contributed by atoms with Gasteiger partial charge in [0, 0.05) is 0 Å². The maximum atomic E-state index is 3.39. The summed E-state index contributed by atoms with van der Waals surface area (Å²) in [4.78, 5) is 0. The van der Waals surface area contributed by atoms with Crippen LogP contribution >= 0.6 is 0 Å². The lowest BCUT2D eigenvalue weighted by Gasteiger charge is -2.04. The van der Waals surface area contributed by atoms with Crippen molar-refractivity contribution in [3.8, 4) is 0 Å². The smallest absolute Gasteiger partial charge is 0.000824 e. The molecule has 0 unspecified atom stereocenters. The van der Waals surface area contributed by atoms with Gasteiger partial charge in [-0.05, 0) is 50.9 Å². The van der Waals surface area contributed by atoms with Gasteiger partial charge in [0.05, 0.1) is 0 Å². The van der Waals surface area contributed by atoms with E-state index in [0.29, 0.717) is 0 Å². The Bertz CT molecular complexity index is 157. The van der Waals surface area contributed by atoms with Crippen molar-refractivity contribution in [2.45, 2.75) is 26.7 Å². The molecule has 1 fully saturated rings. The quantitative estimate of drug-likeness (QED) is 0.560. The molecule has 0 aliphatic carbocycles. The lowest BCUT2D eigenvalue weighted by molar-refractivity contribution is 0.717. The molecule has 11 heavy (non-hydrogen) atoms. The fraction of sp³-hybridized carbons (Fsp3) is 0.600. The van der Waals surface area contributed by atoms with Gasteiger partial charge in [0.15, 0.2) is 0 Å². The van der Waals surface area contributed by atoms with Crippen molar-refractivity contribution in [2.75, 3.05) is 13.1 Å². The van der Waals surface area contributed by atoms with Crippen LogP contribution in [0.1, 0.15) is 26.7 Å². The summed E-state index contributed by atoms with van der Waals surface area (Å²) in [6, 6.07) is 0. The van der Waals surface area contributed by atoms with Crippen molar-refractivity contribution in [1.29, 1.82) is 0 Å². The molecule has 1 saturated heterocycles. The van der Waals surface area contributed by atoms with Crippen LogP contribution in [0.5, 0.6) is 0 Å². The standard InChI is InChI=1S/C10H17N/c1-3-9-5-7-11-8-6-10(9)4-2/h3-4,11H,5-8H2,1-2H3/b9-3-,10-4-. The van der Waals surface area contributed by atoms with Crippen LogP contribution in [0, 0.1) is 0 Å². The molecule has 0 aromatic carbocycles. The van der Waals surface area contributed by atoms with Gasteiger partial charge in [0.25, 0.3) is 0 Å². The van der Waals surface area contributed by atoms with E-state index in [2.05, 4.69) is 31.3 Å². The average molecular weight is 151 g/mol. The van der Waals surface area contributed by atoms with Gasteiger partial charge >= 0.3 is 0 Å². The lowest BCUT2D eigenvalue weighted by atomic mass is 10.0. The van der Waals surface area contributed by atoms with E-state index < -0.39 is 0 Å². The summed E-state index contributed by atoms with van der Waals surface area (Å²) < 4.78 is 0. The average Bonchev–Trinajstić information content (AvgIpc) is 2.27. The van der Waals surface area contributed by atoms with Crippen molar-refractivity contribution in [3.05, 3.63) is 23.3 Å². The summed E-state index contributed by atoms with van der Waals surface area (Å²) in [7, 11) is 0. The fourth-order valence-corrected chi connectivity index (χ4v) is 1.55.